The van der Waals surface area contributed by atoms with E-state index in [4.69, 9.17) is 11.6 Å². The minimum absolute atomic E-state index is 0.0192. The molecule has 0 saturated carbocycles. The first-order valence-corrected chi connectivity index (χ1v) is 13.4. The van der Waals surface area contributed by atoms with Crippen LogP contribution in [-0.2, 0) is 26.2 Å². The number of hydrogen-bond donors (Lipinski definition) is 1. The van der Waals surface area contributed by atoms with Crippen molar-refractivity contribution < 1.29 is 22.8 Å². The molecule has 0 spiro atoms. The Labute approximate surface area is 211 Å². The van der Waals surface area contributed by atoms with E-state index in [-0.39, 0.29) is 54.2 Å². The van der Waals surface area contributed by atoms with Crippen LogP contribution in [-0.4, -0.2) is 54.0 Å². The van der Waals surface area contributed by atoms with Crippen LogP contribution in [0.15, 0.2) is 53.4 Å². The smallest absolute Gasteiger partial charge is 0.269 e. The quantitative estimate of drug-likeness (QED) is 0.516. The van der Waals surface area contributed by atoms with Crippen molar-refractivity contribution in [3.63, 3.8) is 0 Å². The predicted molar refractivity (Wildman–Crippen MR) is 133 cm³/mol. The Morgan fingerprint density at radius 1 is 1.11 bits per heavy atom. The minimum atomic E-state index is -3.93. The number of amides is 3. The van der Waals surface area contributed by atoms with Gasteiger partial charge in [-0.05, 0) is 56.5 Å². The molecular formula is C25H30ClN3O5S. The third kappa shape index (κ3) is 6.02. The van der Waals surface area contributed by atoms with Crippen molar-refractivity contribution in [3.05, 3.63) is 64.7 Å². The Morgan fingerprint density at radius 3 is 2.49 bits per heavy atom. The standard InChI is InChI=1S/C25H30ClN3O5S/c1-4-17(2)27-24(31)18(3)28(16-19-9-7-10-20(26)15-19)23(30)13-8-14-29-25(32)21-11-5-6-12-22(21)35(29,33)34/h5-7,9-12,15,17-18H,4,8,13-14,16H2,1-3H3,(H,27,31)/t17-,18-/m1/s1. The lowest BCUT2D eigenvalue weighted by molar-refractivity contribution is -0.141. The number of halogens is 1. The van der Waals surface area contributed by atoms with Crippen LogP contribution in [0, 0.1) is 0 Å². The van der Waals surface area contributed by atoms with Gasteiger partial charge in [0, 0.05) is 30.6 Å². The first-order valence-electron chi connectivity index (χ1n) is 11.6. The van der Waals surface area contributed by atoms with Gasteiger partial charge in [0.15, 0.2) is 0 Å². The van der Waals surface area contributed by atoms with Crippen LogP contribution in [0.2, 0.25) is 5.02 Å². The molecule has 10 heteroatoms. The first-order chi connectivity index (χ1) is 16.6. The van der Waals surface area contributed by atoms with E-state index in [1.165, 1.54) is 17.0 Å². The van der Waals surface area contributed by atoms with Crippen LogP contribution >= 0.6 is 11.6 Å². The lowest BCUT2D eigenvalue weighted by atomic mass is 10.1. The van der Waals surface area contributed by atoms with E-state index in [2.05, 4.69) is 5.32 Å². The summed E-state index contributed by atoms with van der Waals surface area (Å²) in [6.45, 7) is 5.54. The largest absolute Gasteiger partial charge is 0.352 e. The zero-order chi connectivity index (χ0) is 25.8. The van der Waals surface area contributed by atoms with Gasteiger partial charge in [-0.15, -0.1) is 0 Å². The molecule has 0 unspecified atom stereocenters. The minimum Gasteiger partial charge on any atom is -0.352 e. The van der Waals surface area contributed by atoms with E-state index in [1.54, 1.807) is 37.3 Å². The van der Waals surface area contributed by atoms with Gasteiger partial charge in [0.1, 0.15) is 10.9 Å². The summed E-state index contributed by atoms with van der Waals surface area (Å²) in [5.74, 6) is -1.19. The zero-order valence-electron chi connectivity index (χ0n) is 20.0. The van der Waals surface area contributed by atoms with Crippen LogP contribution in [0.3, 0.4) is 0 Å². The van der Waals surface area contributed by atoms with Gasteiger partial charge in [0.25, 0.3) is 15.9 Å². The highest BCUT2D eigenvalue weighted by molar-refractivity contribution is 7.90. The van der Waals surface area contributed by atoms with Crippen molar-refractivity contribution >= 4 is 39.3 Å². The summed E-state index contributed by atoms with van der Waals surface area (Å²) in [4.78, 5) is 40.1. The number of carbonyl (C=O) groups excluding carboxylic acids is 3. The molecule has 0 radical (unpaired) electrons. The second kappa shape index (κ2) is 11.2. The fourth-order valence-electron chi connectivity index (χ4n) is 3.85. The number of nitrogens with zero attached hydrogens (tertiary/aromatic N) is 2. The maximum absolute atomic E-state index is 13.2. The summed E-state index contributed by atoms with van der Waals surface area (Å²) >= 11 is 6.10. The van der Waals surface area contributed by atoms with E-state index >= 15 is 0 Å². The molecule has 2 aromatic rings. The monoisotopic (exact) mass is 519 g/mol. The molecule has 2 atom stereocenters. The lowest BCUT2D eigenvalue weighted by Gasteiger charge is -2.30. The van der Waals surface area contributed by atoms with Gasteiger partial charge in [-0.2, -0.15) is 0 Å². The van der Waals surface area contributed by atoms with Crippen molar-refractivity contribution in [1.29, 1.82) is 0 Å². The second-order valence-corrected chi connectivity index (χ2v) is 10.9. The maximum atomic E-state index is 13.2. The van der Waals surface area contributed by atoms with E-state index in [0.29, 0.717) is 5.02 Å². The molecule has 1 N–H and O–H groups in total. The van der Waals surface area contributed by atoms with Crippen molar-refractivity contribution in [1.82, 2.24) is 14.5 Å². The third-order valence-corrected chi connectivity index (χ3v) is 8.15. The van der Waals surface area contributed by atoms with Crippen LogP contribution in [0.25, 0.3) is 0 Å². The van der Waals surface area contributed by atoms with E-state index in [9.17, 15) is 22.8 Å². The highest BCUT2D eigenvalue weighted by Crippen LogP contribution is 2.30. The summed E-state index contributed by atoms with van der Waals surface area (Å²) in [6, 6.07) is 12.3. The van der Waals surface area contributed by atoms with Gasteiger partial charge in [0.05, 0.1) is 5.56 Å². The van der Waals surface area contributed by atoms with Crippen LogP contribution < -0.4 is 5.32 Å². The molecule has 0 aliphatic carbocycles. The average molecular weight is 520 g/mol. The van der Waals surface area contributed by atoms with E-state index < -0.39 is 22.0 Å². The number of nitrogens with one attached hydrogen (secondary N) is 1. The Bertz CT molecular complexity index is 1220. The molecule has 0 fully saturated rings. The molecule has 8 nitrogen and oxygen atoms in total. The molecule has 0 saturated heterocycles. The van der Waals surface area contributed by atoms with E-state index in [1.807, 2.05) is 19.9 Å². The number of sulfonamides is 1. The number of carbonyl (C=O) groups is 3. The predicted octanol–water partition coefficient (Wildman–Crippen LogP) is 3.60. The Kier molecular flexibility index (Phi) is 8.56. The average Bonchev–Trinajstić information content (AvgIpc) is 3.02. The van der Waals surface area contributed by atoms with Crippen LogP contribution in [0.1, 0.15) is 56.0 Å². The Hall–Kier alpha value is -2.91. The van der Waals surface area contributed by atoms with Crippen molar-refractivity contribution in [2.75, 3.05) is 6.54 Å². The molecular weight excluding hydrogens is 490 g/mol. The SMILES string of the molecule is CC[C@@H](C)NC(=O)[C@@H](C)N(Cc1cccc(Cl)c1)C(=O)CCCN1C(=O)c2ccccc2S1(=O)=O. The maximum Gasteiger partial charge on any atom is 0.269 e. The van der Waals surface area contributed by atoms with Crippen LogP contribution in [0.5, 0.6) is 0 Å². The molecule has 0 bridgehead atoms. The van der Waals surface area contributed by atoms with Crippen molar-refractivity contribution in [2.24, 2.45) is 0 Å². The molecule has 2 aromatic carbocycles. The molecule has 35 heavy (non-hydrogen) atoms. The van der Waals surface area contributed by atoms with Gasteiger partial charge in [0.2, 0.25) is 11.8 Å². The summed E-state index contributed by atoms with van der Waals surface area (Å²) in [5.41, 5.74) is 0.901. The van der Waals surface area contributed by atoms with Gasteiger partial charge < -0.3 is 10.2 Å². The van der Waals surface area contributed by atoms with Gasteiger partial charge in [-0.3, -0.25) is 14.4 Å². The second-order valence-electron chi connectivity index (χ2n) is 8.63. The Morgan fingerprint density at radius 2 is 1.83 bits per heavy atom. The highest BCUT2D eigenvalue weighted by Gasteiger charge is 2.40. The number of benzene rings is 2. The number of rotatable bonds is 10. The normalized spacial score (nSPS) is 15.9. The van der Waals surface area contributed by atoms with Crippen LogP contribution in [0.4, 0.5) is 0 Å². The van der Waals surface area contributed by atoms with Crippen molar-refractivity contribution in [3.8, 4) is 0 Å². The molecule has 1 heterocycles. The summed E-state index contributed by atoms with van der Waals surface area (Å²) in [5, 5.41) is 3.42. The molecule has 1 aliphatic heterocycles. The topological polar surface area (TPSA) is 104 Å². The van der Waals surface area contributed by atoms with E-state index in [0.717, 1.165) is 16.3 Å². The lowest BCUT2D eigenvalue weighted by Crippen LogP contribution is -2.49. The number of hydrogen-bond acceptors (Lipinski definition) is 5. The van der Waals surface area contributed by atoms with Gasteiger partial charge in [-0.1, -0.05) is 42.8 Å². The fourth-order valence-corrected chi connectivity index (χ4v) is 5.67. The van der Waals surface area contributed by atoms with Gasteiger partial charge in [-0.25, -0.2) is 12.7 Å². The number of fused-ring (bicyclic) bond motifs is 1. The summed E-state index contributed by atoms with van der Waals surface area (Å²) < 4.78 is 26.3. The summed E-state index contributed by atoms with van der Waals surface area (Å²) in [6.07, 6.45) is 0.849. The zero-order valence-corrected chi connectivity index (χ0v) is 21.6. The molecule has 1 aliphatic rings. The fraction of sp³-hybridized carbons (Fsp3) is 0.400. The van der Waals surface area contributed by atoms with Gasteiger partial charge >= 0.3 is 0 Å². The Balaban J connectivity index is 1.71. The molecule has 3 rings (SSSR count). The molecule has 0 aromatic heterocycles. The molecule has 188 valence electrons. The summed E-state index contributed by atoms with van der Waals surface area (Å²) in [7, 11) is -3.93. The molecule has 3 amide bonds. The third-order valence-electron chi connectivity index (χ3n) is 6.07. The highest BCUT2D eigenvalue weighted by atomic mass is 35.5. The van der Waals surface area contributed by atoms with Crippen molar-refractivity contribution in [2.45, 2.75) is 63.6 Å². The first kappa shape index (κ1) is 26.7.